The second-order valence-corrected chi connectivity index (χ2v) is 5.11. The molecule has 23 heavy (non-hydrogen) atoms. The molecule has 0 aliphatic heterocycles. The Kier molecular flexibility index (Phi) is 5.42. The van der Waals surface area contributed by atoms with Gasteiger partial charge < -0.3 is 14.2 Å². The molecule has 2 N–H and O–H groups in total. The first-order chi connectivity index (χ1) is 11.1. The number of hydrogen-bond acceptors (Lipinski definition) is 6. The Labute approximate surface area is 137 Å². The highest BCUT2D eigenvalue weighted by molar-refractivity contribution is 7.08. The molecule has 0 unspecified atom stereocenters. The SMILES string of the molecule is COc1cc(C(=O)NNC(=O)c2ccsc2)cc(OC)c1OC. The molecule has 1 aromatic heterocycles. The summed E-state index contributed by atoms with van der Waals surface area (Å²) in [6.07, 6.45) is 0. The van der Waals surface area contributed by atoms with Crippen LogP contribution in [-0.4, -0.2) is 33.1 Å². The van der Waals surface area contributed by atoms with Gasteiger partial charge in [0.2, 0.25) is 5.75 Å². The van der Waals surface area contributed by atoms with E-state index in [2.05, 4.69) is 10.9 Å². The molecule has 0 atom stereocenters. The standard InChI is InChI=1S/C15H16N2O5S/c1-20-11-6-10(7-12(21-2)13(11)22-3)15(19)17-16-14(18)9-4-5-23-8-9/h4-8H,1-3H3,(H,16,18)(H,17,19). The van der Waals surface area contributed by atoms with E-state index in [0.29, 0.717) is 22.8 Å². The molecular formula is C15H16N2O5S. The van der Waals surface area contributed by atoms with Crippen molar-refractivity contribution >= 4 is 23.2 Å². The number of thiophene rings is 1. The van der Waals surface area contributed by atoms with Gasteiger partial charge >= 0.3 is 0 Å². The average Bonchev–Trinajstić information content (AvgIpc) is 3.12. The predicted molar refractivity (Wildman–Crippen MR) is 85.3 cm³/mol. The summed E-state index contributed by atoms with van der Waals surface area (Å²) in [5.41, 5.74) is 5.41. The monoisotopic (exact) mass is 336 g/mol. The molecule has 2 rings (SSSR count). The molecule has 1 heterocycles. The molecule has 0 aliphatic carbocycles. The maximum atomic E-state index is 12.2. The van der Waals surface area contributed by atoms with Crippen LogP contribution in [-0.2, 0) is 0 Å². The number of rotatable bonds is 5. The zero-order valence-electron chi connectivity index (χ0n) is 12.8. The lowest BCUT2D eigenvalue weighted by atomic mass is 10.1. The Hall–Kier alpha value is -2.74. The Morgan fingerprint density at radius 2 is 1.48 bits per heavy atom. The lowest BCUT2D eigenvalue weighted by Gasteiger charge is -2.14. The highest BCUT2D eigenvalue weighted by atomic mass is 32.1. The van der Waals surface area contributed by atoms with Gasteiger partial charge in [-0.3, -0.25) is 20.4 Å². The molecule has 0 radical (unpaired) electrons. The van der Waals surface area contributed by atoms with Crippen LogP contribution >= 0.6 is 11.3 Å². The van der Waals surface area contributed by atoms with Crippen LogP contribution in [0.2, 0.25) is 0 Å². The summed E-state index contributed by atoms with van der Waals surface area (Å²) in [6.45, 7) is 0. The van der Waals surface area contributed by atoms with Crippen molar-refractivity contribution in [2.75, 3.05) is 21.3 Å². The van der Waals surface area contributed by atoms with Crippen molar-refractivity contribution in [2.45, 2.75) is 0 Å². The quantitative estimate of drug-likeness (QED) is 0.814. The predicted octanol–water partition coefficient (Wildman–Crippen LogP) is 1.85. The summed E-state index contributed by atoms with van der Waals surface area (Å²) >= 11 is 1.39. The third-order valence-electron chi connectivity index (χ3n) is 3.00. The number of carbonyl (C=O) groups excluding carboxylic acids is 2. The van der Waals surface area contributed by atoms with Gasteiger partial charge in [-0.1, -0.05) is 0 Å². The zero-order valence-corrected chi connectivity index (χ0v) is 13.7. The first-order valence-electron chi connectivity index (χ1n) is 6.53. The lowest BCUT2D eigenvalue weighted by molar-refractivity contribution is 0.0846. The Morgan fingerprint density at radius 1 is 0.913 bits per heavy atom. The van der Waals surface area contributed by atoms with Crippen molar-refractivity contribution in [2.24, 2.45) is 0 Å². The number of amides is 2. The molecular weight excluding hydrogens is 320 g/mol. The largest absolute Gasteiger partial charge is 0.493 e. The van der Waals surface area contributed by atoms with Crippen LogP contribution in [0.5, 0.6) is 17.2 Å². The first-order valence-corrected chi connectivity index (χ1v) is 7.47. The van der Waals surface area contributed by atoms with Crippen molar-refractivity contribution in [3.05, 3.63) is 40.1 Å². The van der Waals surface area contributed by atoms with Gasteiger partial charge in [-0.05, 0) is 23.6 Å². The molecule has 0 bridgehead atoms. The fraction of sp³-hybridized carbons (Fsp3) is 0.200. The maximum absolute atomic E-state index is 12.2. The highest BCUT2D eigenvalue weighted by Gasteiger charge is 2.17. The van der Waals surface area contributed by atoms with Gasteiger partial charge in [-0.2, -0.15) is 11.3 Å². The number of benzene rings is 1. The van der Waals surface area contributed by atoms with Crippen molar-refractivity contribution < 1.29 is 23.8 Å². The van der Waals surface area contributed by atoms with E-state index in [1.54, 1.807) is 16.8 Å². The fourth-order valence-electron chi connectivity index (χ4n) is 1.86. The van der Waals surface area contributed by atoms with Gasteiger partial charge in [0, 0.05) is 10.9 Å². The van der Waals surface area contributed by atoms with Crippen molar-refractivity contribution in [1.29, 1.82) is 0 Å². The minimum Gasteiger partial charge on any atom is -0.493 e. The number of hydrazine groups is 1. The number of hydrogen-bond donors (Lipinski definition) is 2. The number of nitrogens with one attached hydrogen (secondary N) is 2. The summed E-state index contributed by atoms with van der Waals surface area (Å²) in [5, 5.41) is 3.46. The van der Waals surface area contributed by atoms with Crippen LogP contribution < -0.4 is 25.1 Å². The summed E-state index contributed by atoms with van der Waals surface area (Å²) in [7, 11) is 4.38. The van der Waals surface area contributed by atoms with E-state index in [-0.39, 0.29) is 5.56 Å². The Bertz CT molecular complexity index is 675. The smallest absolute Gasteiger partial charge is 0.270 e. The highest BCUT2D eigenvalue weighted by Crippen LogP contribution is 2.38. The minimum atomic E-state index is -0.507. The molecule has 2 aromatic rings. The molecule has 0 aliphatic rings. The molecule has 8 heteroatoms. The molecule has 0 spiro atoms. The summed E-state index contributed by atoms with van der Waals surface area (Å²) in [6, 6.07) is 4.65. The van der Waals surface area contributed by atoms with Gasteiger partial charge in [-0.15, -0.1) is 0 Å². The van der Waals surface area contributed by atoms with Crippen LogP contribution in [0, 0.1) is 0 Å². The third kappa shape index (κ3) is 3.72. The second-order valence-electron chi connectivity index (χ2n) is 4.33. The summed E-state index contributed by atoms with van der Waals surface area (Å²) in [5.74, 6) is 0.177. The molecule has 122 valence electrons. The van der Waals surface area contributed by atoms with Crippen LogP contribution in [0.4, 0.5) is 0 Å². The summed E-state index contributed by atoms with van der Waals surface area (Å²) in [4.78, 5) is 24.0. The topological polar surface area (TPSA) is 85.9 Å². The van der Waals surface area contributed by atoms with E-state index in [1.165, 1.54) is 44.8 Å². The van der Waals surface area contributed by atoms with E-state index in [4.69, 9.17) is 14.2 Å². The molecule has 0 fully saturated rings. The van der Waals surface area contributed by atoms with Crippen molar-refractivity contribution in [3.8, 4) is 17.2 Å². The Morgan fingerprint density at radius 3 is 1.91 bits per heavy atom. The molecule has 2 amide bonds. The number of ether oxygens (including phenoxy) is 3. The van der Waals surface area contributed by atoms with Crippen LogP contribution in [0.25, 0.3) is 0 Å². The minimum absolute atomic E-state index is 0.255. The molecule has 1 aromatic carbocycles. The average molecular weight is 336 g/mol. The lowest BCUT2D eigenvalue weighted by Crippen LogP contribution is -2.41. The van der Waals surface area contributed by atoms with E-state index in [0.717, 1.165) is 0 Å². The van der Waals surface area contributed by atoms with Gasteiger partial charge in [0.15, 0.2) is 11.5 Å². The normalized spacial score (nSPS) is 9.87. The van der Waals surface area contributed by atoms with E-state index in [9.17, 15) is 9.59 Å². The van der Waals surface area contributed by atoms with Crippen LogP contribution in [0.1, 0.15) is 20.7 Å². The van der Waals surface area contributed by atoms with Crippen LogP contribution in [0.15, 0.2) is 29.0 Å². The van der Waals surface area contributed by atoms with Gasteiger partial charge in [0.25, 0.3) is 11.8 Å². The Balaban J connectivity index is 2.14. The maximum Gasteiger partial charge on any atom is 0.270 e. The first kappa shape index (κ1) is 16.6. The van der Waals surface area contributed by atoms with Gasteiger partial charge in [0.05, 0.1) is 26.9 Å². The van der Waals surface area contributed by atoms with E-state index in [1.807, 2.05) is 0 Å². The molecule has 7 nitrogen and oxygen atoms in total. The third-order valence-corrected chi connectivity index (χ3v) is 3.68. The fourth-order valence-corrected chi connectivity index (χ4v) is 2.50. The second kappa shape index (κ2) is 7.50. The molecule has 0 saturated heterocycles. The van der Waals surface area contributed by atoms with E-state index >= 15 is 0 Å². The van der Waals surface area contributed by atoms with Gasteiger partial charge in [0.1, 0.15) is 0 Å². The van der Waals surface area contributed by atoms with Crippen molar-refractivity contribution in [3.63, 3.8) is 0 Å². The van der Waals surface area contributed by atoms with E-state index < -0.39 is 11.8 Å². The molecule has 0 saturated carbocycles. The number of carbonyl (C=O) groups is 2. The zero-order chi connectivity index (χ0) is 16.8. The van der Waals surface area contributed by atoms with Gasteiger partial charge in [-0.25, -0.2) is 0 Å². The number of methoxy groups -OCH3 is 3. The summed E-state index contributed by atoms with van der Waals surface area (Å²) < 4.78 is 15.6. The van der Waals surface area contributed by atoms with Crippen LogP contribution in [0.3, 0.4) is 0 Å². The van der Waals surface area contributed by atoms with Crippen molar-refractivity contribution in [1.82, 2.24) is 10.9 Å².